The molecule has 6 aromatic carbocycles. The third-order valence-corrected chi connectivity index (χ3v) is 16.2. The molecule has 2 heterocycles. The minimum Gasteiger partial charge on any atom is -0.311 e. The number of hydrogen-bond acceptors (Lipinski definition) is 2. The predicted molar refractivity (Wildman–Crippen MR) is 279 cm³/mol. The molecule has 2 aliphatic heterocycles. The summed E-state index contributed by atoms with van der Waals surface area (Å²) in [5, 5.41) is 0. The van der Waals surface area contributed by atoms with Crippen LogP contribution in [0.1, 0.15) is 161 Å². The third-order valence-electron chi connectivity index (χ3n) is 16.2. The van der Waals surface area contributed by atoms with Crippen molar-refractivity contribution in [3.63, 3.8) is 0 Å². The van der Waals surface area contributed by atoms with Gasteiger partial charge in [0.2, 0.25) is 0 Å². The fraction of sp³-hybridized carbons (Fsp3) is 0.410. The first-order valence-electron chi connectivity index (χ1n) is 24.2. The van der Waals surface area contributed by atoms with Crippen molar-refractivity contribution in [2.75, 3.05) is 9.80 Å². The molecular formula is C61H71BN2. The van der Waals surface area contributed by atoms with Crippen LogP contribution in [0.5, 0.6) is 0 Å². The van der Waals surface area contributed by atoms with E-state index in [1.54, 1.807) is 0 Å². The van der Waals surface area contributed by atoms with E-state index >= 15 is 0 Å². The Morgan fingerprint density at radius 3 is 1.52 bits per heavy atom. The molecule has 0 atom stereocenters. The SMILES string of the molecule is Cc1ccc(-c2ccccc2)cc1N1c2cc(C(C)(C)C)ccc2B2c3cc4c(cc3N(c3cc5c(cc3C)C(C)(C)CC5(C)C)c3cc(C(C)(C)C)cc1c32)C(C)(C)CCC4(C)C. The van der Waals surface area contributed by atoms with E-state index in [-0.39, 0.29) is 39.2 Å². The molecule has 0 aromatic heterocycles. The summed E-state index contributed by atoms with van der Waals surface area (Å²) >= 11 is 0. The Morgan fingerprint density at radius 2 is 0.922 bits per heavy atom. The molecule has 0 amide bonds. The van der Waals surface area contributed by atoms with Gasteiger partial charge in [-0.15, -0.1) is 0 Å². The predicted octanol–water partition coefficient (Wildman–Crippen LogP) is 15.0. The van der Waals surface area contributed by atoms with Crippen molar-refractivity contribution in [1.29, 1.82) is 0 Å². The fourth-order valence-corrected chi connectivity index (χ4v) is 12.5. The second-order valence-corrected chi connectivity index (χ2v) is 25.0. The number of hydrogen-bond donors (Lipinski definition) is 0. The summed E-state index contributed by atoms with van der Waals surface area (Å²) in [5.74, 6) is 0. The van der Waals surface area contributed by atoms with Crippen molar-refractivity contribution in [3.8, 4) is 11.1 Å². The van der Waals surface area contributed by atoms with Crippen LogP contribution in [0.15, 0.2) is 103 Å². The van der Waals surface area contributed by atoms with Gasteiger partial charge in [0.15, 0.2) is 0 Å². The maximum atomic E-state index is 2.74. The number of benzene rings is 6. The van der Waals surface area contributed by atoms with Gasteiger partial charge in [0, 0.05) is 34.1 Å². The molecule has 64 heavy (non-hydrogen) atoms. The molecule has 0 saturated carbocycles. The van der Waals surface area contributed by atoms with Crippen LogP contribution in [0.2, 0.25) is 0 Å². The van der Waals surface area contributed by atoms with E-state index < -0.39 is 0 Å². The molecule has 3 heteroatoms. The Balaban J connectivity index is 1.37. The van der Waals surface area contributed by atoms with Gasteiger partial charge in [0.25, 0.3) is 6.71 Å². The first-order valence-corrected chi connectivity index (χ1v) is 24.2. The van der Waals surface area contributed by atoms with Crippen molar-refractivity contribution >= 4 is 57.2 Å². The van der Waals surface area contributed by atoms with Gasteiger partial charge in [-0.3, -0.25) is 0 Å². The molecule has 6 aromatic rings. The summed E-state index contributed by atoms with van der Waals surface area (Å²) in [6.07, 6.45) is 3.51. The van der Waals surface area contributed by atoms with E-state index in [0.717, 1.165) is 6.42 Å². The lowest BCUT2D eigenvalue weighted by Crippen LogP contribution is -2.62. The smallest absolute Gasteiger partial charge is 0.252 e. The van der Waals surface area contributed by atoms with Crippen LogP contribution < -0.4 is 26.2 Å². The highest BCUT2D eigenvalue weighted by atomic mass is 15.2. The molecular weight excluding hydrogens is 771 g/mol. The van der Waals surface area contributed by atoms with Crippen molar-refractivity contribution < 1.29 is 0 Å². The van der Waals surface area contributed by atoms with Crippen LogP contribution in [0, 0.1) is 13.8 Å². The van der Waals surface area contributed by atoms with Gasteiger partial charge in [-0.05, 0) is 174 Å². The summed E-state index contributed by atoms with van der Waals surface area (Å²) in [7, 11) is 0. The van der Waals surface area contributed by atoms with Crippen molar-refractivity contribution in [2.45, 2.75) is 163 Å². The molecule has 0 spiro atoms. The van der Waals surface area contributed by atoms with Gasteiger partial charge in [0.05, 0.1) is 0 Å². The lowest BCUT2D eigenvalue weighted by molar-refractivity contribution is 0.332. The van der Waals surface area contributed by atoms with E-state index in [9.17, 15) is 0 Å². The summed E-state index contributed by atoms with van der Waals surface area (Å²) in [4.78, 5) is 5.42. The summed E-state index contributed by atoms with van der Waals surface area (Å²) in [6, 6.07) is 41.2. The van der Waals surface area contributed by atoms with Crippen LogP contribution in [0.3, 0.4) is 0 Å². The average molecular weight is 843 g/mol. The molecule has 328 valence electrons. The minimum atomic E-state index is -0.103. The molecule has 0 saturated heterocycles. The highest BCUT2D eigenvalue weighted by Crippen LogP contribution is 2.55. The van der Waals surface area contributed by atoms with E-state index in [0.29, 0.717) is 0 Å². The zero-order chi connectivity index (χ0) is 45.8. The van der Waals surface area contributed by atoms with Gasteiger partial charge in [-0.2, -0.15) is 0 Å². The van der Waals surface area contributed by atoms with Gasteiger partial charge >= 0.3 is 0 Å². The highest BCUT2D eigenvalue weighted by Gasteiger charge is 2.49. The van der Waals surface area contributed by atoms with Crippen LogP contribution in [-0.4, -0.2) is 6.71 Å². The summed E-state index contributed by atoms with van der Waals surface area (Å²) < 4.78 is 0. The van der Waals surface area contributed by atoms with Crippen molar-refractivity contribution in [3.05, 3.63) is 148 Å². The normalized spacial score (nSPS) is 18.5. The number of nitrogens with zero attached hydrogens (tertiary/aromatic N) is 2. The monoisotopic (exact) mass is 843 g/mol. The first-order chi connectivity index (χ1) is 29.8. The molecule has 2 nitrogen and oxygen atoms in total. The van der Waals surface area contributed by atoms with Gasteiger partial charge in [-0.25, -0.2) is 0 Å². The van der Waals surface area contributed by atoms with Gasteiger partial charge in [0.1, 0.15) is 0 Å². The quantitative estimate of drug-likeness (QED) is 0.164. The summed E-state index contributed by atoms with van der Waals surface area (Å²) in [5.41, 5.74) is 26.1. The van der Waals surface area contributed by atoms with Gasteiger partial charge in [-0.1, -0.05) is 164 Å². The van der Waals surface area contributed by atoms with Crippen LogP contribution >= 0.6 is 0 Å². The van der Waals surface area contributed by atoms with E-state index in [4.69, 9.17) is 0 Å². The maximum absolute atomic E-state index is 2.74. The number of anilines is 6. The molecule has 0 N–H and O–H groups in total. The Morgan fingerprint density at radius 1 is 0.422 bits per heavy atom. The third kappa shape index (κ3) is 6.48. The Hall–Kier alpha value is -5.02. The molecule has 0 bridgehead atoms. The highest BCUT2D eigenvalue weighted by molar-refractivity contribution is 7.00. The lowest BCUT2D eigenvalue weighted by atomic mass is 9.33. The number of fused-ring (bicyclic) bond motifs is 6. The second kappa shape index (κ2) is 13.8. The Labute approximate surface area is 386 Å². The Bertz CT molecular complexity index is 2910. The zero-order valence-electron chi connectivity index (χ0n) is 41.9. The molecule has 2 aliphatic carbocycles. The summed E-state index contributed by atoms with van der Waals surface area (Å²) in [6.45, 7) is 38.8. The zero-order valence-corrected chi connectivity index (χ0v) is 41.9. The number of aryl methyl sites for hydroxylation is 2. The van der Waals surface area contributed by atoms with E-state index in [1.165, 1.54) is 119 Å². The fourth-order valence-electron chi connectivity index (χ4n) is 12.5. The van der Waals surface area contributed by atoms with Crippen LogP contribution in [0.25, 0.3) is 11.1 Å². The van der Waals surface area contributed by atoms with E-state index in [2.05, 4.69) is 224 Å². The van der Waals surface area contributed by atoms with Crippen molar-refractivity contribution in [1.82, 2.24) is 0 Å². The largest absolute Gasteiger partial charge is 0.311 e. The molecule has 0 fully saturated rings. The van der Waals surface area contributed by atoms with Crippen LogP contribution in [-0.2, 0) is 32.5 Å². The molecule has 0 unspecified atom stereocenters. The van der Waals surface area contributed by atoms with Crippen molar-refractivity contribution in [2.24, 2.45) is 0 Å². The topological polar surface area (TPSA) is 6.48 Å². The van der Waals surface area contributed by atoms with Crippen LogP contribution in [0.4, 0.5) is 34.1 Å². The number of rotatable bonds is 3. The average Bonchev–Trinajstić information content (AvgIpc) is 3.39. The maximum Gasteiger partial charge on any atom is 0.252 e. The second-order valence-electron chi connectivity index (χ2n) is 25.0. The molecule has 0 radical (unpaired) electrons. The lowest BCUT2D eigenvalue weighted by Gasteiger charge is -2.48. The minimum absolute atomic E-state index is 0.0241. The Kier molecular flexibility index (Phi) is 9.22. The van der Waals surface area contributed by atoms with Gasteiger partial charge < -0.3 is 9.80 Å². The first kappa shape index (κ1) is 42.9. The van der Waals surface area contributed by atoms with E-state index in [1.807, 2.05) is 0 Å². The molecule has 10 rings (SSSR count). The standard InChI is InChI=1S/C61H71BN2/c1-37-22-23-40(39-20-18-17-19-21-39)29-49(37)63-51-30-41(56(3,4)5)24-25-47(51)62-48-33-44-45(59(11,12)27-26-58(44,9)10)35-52(48)64(54-32-42(57(6,7)8)31-53(63)55(54)62)50-34-46-43(28-38(50)2)60(13,14)36-61(46,15)16/h17-25,28-35H,26-27,36H2,1-16H3. The molecule has 4 aliphatic rings.